The van der Waals surface area contributed by atoms with Crippen LogP contribution in [0.1, 0.15) is 24.4 Å². The summed E-state index contributed by atoms with van der Waals surface area (Å²) in [6.07, 6.45) is 3.07. The van der Waals surface area contributed by atoms with Gasteiger partial charge in [-0.2, -0.15) is 4.31 Å². The molecule has 1 unspecified atom stereocenters. The molecule has 0 aliphatic carbocycles. The molecule has 2 rings (SSSR count). The van der Waals surface area contributed by atoms with E-state index >= 15 is 0 Å². The van der Waals surface area contributed by atoms with E-state index in [0.717, 1.165) is 18.4 Å². The number of nitrogen functional groups attached to an aromatic ring is 1. The van der Waals surface area contributed by atoms with Gasteiger partial charge in [0.2, 0.25) is 10.0 Å². The van der Waals surface area contributed by atoms with Crippen LogP contribution < -0.4 is 5.73 Å². The van der Waals surface area contributed by atoms with Gasteiger partial charge in [-0.3, -0.25) is 0 Å². The number of anilines is 1. The minimum atomic E-state index is -3.11. The van der Waals surface area contributed by atoms with Crippen molar-refractivity contribution in [2.24, 2.45) is 0 Å². The summed E-state index contributed by atoms with van der Waals surface area (Å²) in [6.45, 7) is 0.619. The van der Waals surface area contributed by atoms with Crippen LogP contribution in [0.15, 0.2) is 24.3 Å². The predicted molar refractivity (Wildman–Crippen MR) is 64.4 cm³/mol. The van der Waals surface area contributed by atoms with Crippen molar-refractivity contribution < 1.29 is 8.42 Å². The van der Waals surface area contributed by atoms with Crippen LogP contribution in [0.4, 0.5) is 5.69 Å². The summed E-state index contributed by atoms with van der Waals surface area (Å²) in [5.41, 5.74) is 7.34. The van der Waals surface area contributed by atoms with Crippen molar-refractivity contribution in [1.29, 1.82) is 0 Å². The number of sulfonamides is 1. The molecule has 16 heavy (non-hydrogen) atoms. The molecule has 88 valence electrons. The molecule has 0 bridgehead atoms. The Morgan fingerprint density at radius 3 is 2.50 bits per heavy atom. The van der Waals surface area contributed by atoms with E-state index in [-0.39, 0.29) is 6.04 Å². The number of hydrogen-bond donors (Lipinski definition) is 1. The predicted octanol–water partition coefficient (Wildman–Crippen LogP) is 1.37. The van der Waals surface area contributed by atoms with Crippen LogP contribution in [0.3, 0.4) is 0 Å². The highest BCUT2D eigenvalue weighted by Gasteiger charge is 2.32. The minimum Gasteiger partial charge on any atom is -0.399 e. The average Bonchev–Trinajstić information content (AvgIpc) is 2.66. The molecule has 0 spiro atoms. The van der Waals surface area contributed by atoms with Crippen molar-refractivity contribution in [2.75, 3.05) is 18.5 Å². The lowest BCUT2D eigenvalue weighted by atomic mass is 10.1. The Morgan fingerprint density at radius 2 is 1.94 bits per heavy atom. The highest BCUT2D eigenvalue weighted by Crippen LogP contribution is 2.33. The van der Waals surface area contributed by atoms with Gasteiger partial charge in [0, 0.05) is 18.3 Å². The Balaban J connectivity index is 2.30. The quantitative estimate of drug-likeness (QED) is 0.794. The summed E-state index contributed by atoms with van der Waals surface area (Å²) in [6, 6.07) is 7.42. The molecule has 0 aromatic heterocycles. The standard InChI is InChI=1S/C11H16N2O2S/c1-16(14,15)13-8-2-3-11(13)9-4-6-10(12)7-5-9/h4-7,11H,2-3,8,12H2,1H3. The van der Waals surface area contributed by atoms with Crippen LogP contribution in [0.25, 0.3) is 0 Å². The molecule has 2 N–H and O–H groups in total. The zero-order chi connectivity index (χ0) is 11.8. The first-order valence-corrected chi connectivity index (χ1v) is 7.15. The second-order valence-electron chi connectivity index (χ2n) is 4.20. The van der Waals surface area contributed by atoms with E-state index in [0.29, 0.717) is 12.2 Å². The largest absolute Gasteiger partial charge is 0.399 e. The zero-order valence-corrected chi connectivity index (χ0v) is 10.1. The second-order valence-corrected chi connectivity index (χ2v) is 6.13. The SMILES string of the molecule is CS(=O)(=O)N1CCCC1c1ccc(N)cc1. The van der Waals surface area contributed by atoms with Gasteiger partial charge in [0.05, 0.1) is 6.26 Å². The molecule has 1 saturated heterocycles. The fourth-order valence-electron chi connectivity index (χ4n) is 2.19. The van der Waals surface area contributed by atoms with Crippen molar-refractivity contribution in [1.82, 2.24) is 4.31 Å². The normalized spacial score (nSPS) is 22.4. The van der Waals surface area contributed by atoms with Crippen molar-refractivity contribution in [3.63, 3.8) is 0 Å². The van der Waals surface area contributed by atoms with Gasteiger partial charge in [-0.1, -0.05) is 12.1 Å². The maximum absolute atomic E-state index is 11.6. The summed E-state index contributed by atoms with van der Waals surface area (Å²) in [5.74, 6) is 0. The van der Waals surface area contributed by atoms with Crippen molar-refractivity contribution >= 4 is 15.7 Å². The van der Waals surface area contributed by atoms with Gasteiger partial charge in [0.25, 0.3) is 0 Å². The average molecular weight is 240 g/mol. The van der Waals surface area contributed by atoms with Crippen LogP contribution in [-0.2, 0) is 10.0 Å². The molecule has 0 saturated carbocycles. The van der Waals surface area contributed by atoms with Crippen LogP contribution in [0, 0.1) is 0 Å². The van der Waals surface area contributed by atoms with Crippen LogP contribution in [-0.4, -0.2) is 25.5 Å². The molecule has 4 nitrogen and oxygen atoms in total. The lowest BCUT2D eigenvalue weighted by Crippen LogP contribution is -2.29. The van der Waals surface area contributed by atoms with Gasteiger partial charge in [0.1, 0.15) is 0 Å². The summed E-state index contributed by atoms with van der Waals surface area (Å²) in [4.78, 5) is 0. The molecule has 1 aliphatic rings. The Hall–Kier alpha value is -1.07. The Bertz CT molecular complexity index is 467. The summed E-state index contributed by atoms with van der Waals surface area (Å²) in [7, 11) is -3.11. The molecule has 0 amide bonds. The third-order valence-electron chi connectivity index (χ3n) is 2.95. The highest BCUT2D eigenvalue weighted by atomic mass is 32.2. The van der Waals surface area contributed by atoms with Crippen molar-refractivity contribution in [3.05, 3.63) is 29.8 Å². The Morgan fingerprint density at radius 1 is 1.31 bits per heavy atom. The number of hydrogen-bond acceptors (Lipinski definition) is 3. The fourth-order valence-corrected chi connectivity index (χ4v) is 3.34. The van der Waals surface area contributed by atoms with Crippen molar-refractivity contribution in [2.45, 2.75) is 18.9 Å². The molecule has 1 atom stereocenters. The zero-order valence-electron chi connectivity index (χ0n) is 9.26. The van der Waals surface area contributed by atoms with E-state index in [2.05, 4.69) is 0 Å². The third-order valence-corrected chi connectivity index (χ3v) is 4.24. The Kier molecular flexibility index (Phi) is 2.90. The maximum atomic E-state index is 11.6. The summed E-state index contributed by atoms with van der Waals surface area (Å²) in [5, 5.41) is 0. The van der Waals surface area contributed by atoms with E-state index in [9.17, 15) is 8.42 Å². The van der Waals surface area contributed by atoms with E-state index in [1.54, 1.807) is 4.31 Å². The lowest BCUT2D eigenvalue weighted by Gasteiger charge is -2.22. The first-order chi connectivity index (χ1) is 7.48. The van der Waals surface area contributed by atoms with E-state index in [1.165, 1.54) is 6.26 Å². The van der Waals surface area contributed by atoms with E-state index in [4.69, 9.17) is 5.73 Å². The molecular formula is C11H16N2O2S. The highest BCUT2D eigenvalue weighted by molar-refractivity contribution is 7.88. The van der Waals surface area contributed by atoms with E-state index in [1.807, 2.05) is 24.3 Å². The topological polar surface area (TPSA) is 63.4 Å². The van der Waals surface area contributed by atoms with Crippen molar-refractivity contribution in [3.8, 4) is 0 Å². The monoisotopic (exact) mass is 240 g/mol. The molecule has 1 heterocycles. The number of rotatable bonds is 2. The van der Waals surface area contributed by atoms with Crippen LogP contribution in [0.2, 0.25) is 0 Å². The first-order valence-electron chi connectivity index (χ1n) is 5.31. The molecule has 1 aromatic carbocycles. The first kappa shape index (κ1) is 11.4. The Labute approximate surface area is 96.1 Å². The molecule has 1 aromatic rings. The van der Waals surface area contributed by atoms with Crippen LogP contribution in [0.5, 0.6) is 0 Å². The van der Waals surface area contributed by atoms with Crippen LogP contribution >= 0.6 is 0 Å². The van der Waals surface area contributed by atoms with Gasteiger partial charge >= 0.3 is 0 Å². The number of nitrogens with zero attached hydrogens (tertiary/aromatic N) is 1. The smallest absolute Gasteiger partial charge is 0.211 e. The third kappa shape index (κ3) is 2.20. The van der Waals surface area contributed by atoms with Gasteiger partial charge < -0.3 is 5.73 Å². The van der Waals surface area contributed by atoms with Gasteiger partial charge in [-0.05, 0) is 30.5 Å². The molecule has 1 aliphatic heterocycles. The summed E-state index contributed by atoms with van der Waals surface area (Å²) >= 11 is 0. The van der Waals surface area contributed by atoms with Gasteiger partial charge in [0.15, 0.2) is 0 Å². The number of nitrogens with two attached hydrogens (primary N) is 1. The van der Waals surface area contributed by atoms with Gasteiger partial charge in [-0.25, -0.2) is 8.42 Å². The molecule has 1 fully saturated rings. The minimum absolute atomic E-state index is 0.0180. The summed E-state index contributed by atoms with van der Waals surface area (Å²) < 4.78 is 24.7. The fraction of sp³-hybridized carbons (Fsp3) is 0.455. The number of benzene rings is 1. The maximum Gasteiger partial charge on any atom is 0.211 e. The van der Waals surface area contributed by atoms with E-state index < -0.39 is 10.0 Å². The second kappa shape index (κ2) is 4.07. The van der Waals surface area contributed by atoms with Gasteiger partial charge in [-0.15, -0.1) is 0 Å². The lowest BCUT2D eigenvalue weighted by molar-refractivity contribution is 0.400. The molecule has 5 heteroatoms. The molecular weight excluding hydrogens is 224 g/mol. The molecule has 0 radical (unpaired) electrons.